The third-order valence-electron chi connectivity index (χ3n) is 2.60. The largest absolute Gasteiger partial charge is 0.347 e. The lowest BCUT2D eigenvalue weighted by Crippen LogP contribution is -2.38. The molecule has 0 fully saturated rings. The van der Waals surface area contributed by atoms with E-state index in [1.54, 1.807) is 6.20 Å². The predicted molar refractivity (Wildman–Crippen MR) is 58.7 cm³/mol. The van der Waals surface area contributed by atoms with Gasteiger partial charge in [0.25, 0.3) is 0 Å². The summed E-state index contributed by atoms with van der Waals surface area (Å²) in [5, 5.41) is 3.54. The van der Waals surface area contributed by atoms with E-state index in [4.69, 9.17) is 11.6 Å². The molecule has 0 bridgehead atoms. The molecule has 1 amide bonds. The Hall–Kier alpha value is -1.09. The minimum atomic E-state index is 0.0125. The zero-order chi connectivity index (χ0) is 11.0. The summed E-state index contributed by atoms with van der Waals surface area (Å²) >= 11 is 5.86. The zero-order valence-electron chi connectivity index (χ0n) is 8.75. The van der Waals surface area contributed by atoms with Crippen LogP contribution < -0.4 is 5.32 Å². The Morgan fingerprint density at radius 3 is 3.00 bits per heavy atom. The highest BCUT2D eigenvalue weighted by Gasteiger charge is 2.27. The number of aromatic nitrogens is 1. The van der Waals surface area contributed by atoms with Gasteiger partial charge in [0.05, 0.1) is 23.2 Å². The molecule has 0 aromatic carbocycles. The Labute approximate surface area is 93.8 Å². The van der Waals surface area contributed by atoms with Crippen LogP contribution in [0.15, 0.2) is 12.3 Å². The number of carbonyl (C=O) groups excluding carboxylic acids is 1. The maximum atomic E-state index is 11.5. The van der Waals surface area contributed by atoms with E-state index in [2.05, 4.69) is 24.1 Å². The van der Waals surface area contributed by atoms with E-state index in [-0.39, 0.29) is 11.9 Å². The lowest BCUT2D eigenvalue weighted by molar-refractivity contribution is -0.122. The molecule has 1 aliphatic heterocycles. The van der Waals surface area contributed by atoms with Crippen molar-refractivity contribution in [2.24, 2.45) is 5.92 Å². The molecule has 0 aliphatic carbocycles. The maximum Gasteiger partial charge on any atom is 0.225 e. The fourth-order valence-corrected chi connectivity index (χ4v) is 2.04. The van der Waals surface area contributed by atoms with Crippen molar-refractivity contribution < 1.29 is 4.79 Å². The van der Waals surface area contributed by atoms with E-state index >= 15 is 0 Å². The van der Waals surface area contributed by atoms with Crippen LogP contribution in [0.5, 0.6) is 0 Å². The first-order valence-electron chi connectivity index (χ1n) is 5.01. The minimum absolute atomic E-state index is 0.0125. The average molecular weight is 225 g/mol. The van der Waals surface area contributed by atoms with Gasteiger partial charge in [-0.25, -0.2) is 0 Å². The third-order valence-corrected chi connectivity index (χ3v) is 2.80. The van der Waals surface area contributed by atoms with Gasteiger partial charge in [-0.15, -0.1) is 0 Å². The quantitative estimate of drug-likeness (QED) is 0.794. The van der Waals surface area contributed by atoms with Crippen molar-refractivity contribution in [3.63, 3.8) is 0 Å². The second kappa shape index (κ2) is 3.81. The number of pyridine rings is 1. The predicted octanol–water partition coefficient (Wildman–Crippen LogP) is 2.10. The number of hydrogen-bond acceptors (Lipinski definition) is 2. The third kappa shape index (κ3) is 1.97. The molecular weight excluding hydrogens is 212 g/mol. The number of nitrogens with one attached hydrogen (secondary N) is 1. The summed E-state index contributed by atoms with van der Waals surface area (Å²) in [7, 11) is 0. The average Bonchev–Trinajstić information content (AvgIpc) is 2.15. The highest BCUT2D eigenvalue weighted by Crippen LogP contribution is 2.28. The molecule has 1 aliphatic rings. The van der Waals surface area contributed by atoms with Crippen molar-refractivity contribution in [1.29, 1.82) is 0 Å². The summed E-state index contributed by atoms with van der Waals surface area (Å²) in [4.78, 5) is 15.8. The first-order valence-corrected chi connectivity index (χ1v) is 5.39. The highest BCUT2D eigenvalue weighted by atomic mass is 35.5. The first-order chi connectivity index (χ1) is 7.08. The molecule has 0 saturated carbocycles. The normalized spacial score (nSPS) is 20.0. The van der Waals surface area contributed by atoms with E-state index in [9.17, 15) is 4.79 Å². The molecule has 1 N–H and O–H groups in total. The van der Waals surface area contributed by atoms with Crippen molar-refractivity contribution in [2.45, 2.75) is 26.3 Å². The van der Waals surface area contributed by atoms with Gasteiger partial charge in [-0.1, -0.05) is 25.4 Å². The van der Waals surface area contributed by atoms with Gasteiger partial charge in [-0.2, -0.15) is 0 Å². The number of rotatable bonds is 1. The summed E-state index contributed by atoms with van der Waals surface area (Å²) in [6, 6.07) is 1.84. The fourth-order valence-electron chi connectivity index (χ4n) is 1.86. The number of halogens is 1. The van der Waals surface area contributed by atoms with Crippen molar-refractivity contribution in [3.05, 3.63) is 28.5 Å². The minimum Gasteiger partial charge on any atom is -0.347 e. The van der Waals surface area contributed by atoms with Gasteiger partial charge < -0.3 is 5.32 Å². The monoisotopic (exact) mass is 224 g/mol. The van der Waals surface area contributed by atoms with Gasteiger partial charge in [-0.3, -0.25) is 9.78 Å². The molecule has 1 aromatic rings. The number of amides is 1. The number of hydrogen-bond donors (Lipinski definition) is 1. The van der Waals surface area contributed by atoms with E-state index in [1.807, 2.05) is 6.07 Å². The molecule has 80 valence electrons. The first kappa shape index (κ1) is 10.4. The summed E-state index contributed by atoms with van der Waals surface area (Å²) < 4.78 is 0. The van der Waals surface area contributed by atoms with Crippen LogP contribution in [0.2, 0.25) is 5.02 Å². The van der Waals surface area contributed by atoms with Crippen molar-refractivity contribution in [1.82, 2.24) is 10.3 Å². The lowest BCUT2D eigenvalue weighted by Gasteiger charge is -2.28. The van der Waals surface area contributed by atoms with E-state index in [0.29, 0.717) is 17.4 Å². The molecule has 1 unspecified atom stereocenters. The van der Waals surface area contributed by atoms with Crippen LogP contribution in [0.4, 0.5) is 0 Å². The molecule has 0 spiro atoms. The maximum absolute atomic E-state index is 11.5. The van der Waals surface area contributed by atoms with Crippen LogP contribution in [0.25, 0.3) is 0 Å². The van der Waals surface area contributed by atoms with Crippen LogP contribution in [0.1, 0.15) is 31.1 Å². The Balaban J connectivity index is 2.46. The van der Waals surface area contributed by atoms with Gasteiger partial charge in [-0.05, 0) is 17.5 Å². The van der Waals surface area contributed by atoms with Crippen LogP contribution in [0.3, 0.4) is 0 Å². The number of fused-ring (bicyclic) bond motifs is 1. The lowest BCUT2D eigenvalue weighted by atomic mass is 9.92. The molecule has 15 heavy (non-hydrogen) atoms. The van der Waals surface area contributed by atoms with Crippen LogP contribution in [-0.2, 0) is 11.2 Å². The second-order valence-electron chi connectivity index (χ2n) is 4.16. The molecule has 0 saturated heterocycles. The van der Waals surface area contributed by atoms with Crippen LogP contribution in [-0.4, -0.2) is 10.9 Å². The zero-order valence-corrected chi connectivity index (χ0v) is 9.51. The second-order valence-corrected chi connectivity index (χ2v) is 4.60. The van der Waals surface area contributed by atoms with Gasteiger partial charge in [0.1, 0.15) is 0 Å². The van der Waals surface area contributed by atoms with Crippen molar-refractivity contribution in [2.75, 3.05) is 0 Å². The molecule has 2 rings (SSSR count). The summed E-state index contributed by atoms with van der Waals surface area (Å²) in [5.74, 6) is 0.381. The van der Waals surface area contributed by atoms with Crippen molar-refractivity contribution in [3.8, 4) is 0 Å². The molecule has 1 aromatic heterocycles. The summed E-state index contributed by atoms with van der Waals surface area (Å²) in [6.45, 7) is 4.13. The van der Waals surface area contributed by atoms with Crippen molar-refractivity contribution >= 4 is 17.5 Å². The topological polar surface area (TPSA) is 42.0 Å². The molecule has 1 atom stereocenters. The molecular formula is C11H13ClN2O. The van der Waals surface area contributed by atoms with Gasteiger partial charge in [0.15, 0.2) is 0 Å². The summed E-state index contributed by atoms with van der Waals surface area (Å²) in [5.41, 5.74) is 1.90. The number of nitrogens with zero attached hydrogens (tertiary/aromatic N) is 1. The Morgan fingerprint density at radius 1 is 1.60 bits per heavy atom. The highest BCUT2D eigenvalue weighted by molar-refractivity contribution is 6.30. The SMILES string of the molecule is CC(C)C1NC(=O)Cc2cc(Cl)cnc21. The molecule has 2 heterocycles. The molecule has 0 radical (unpaired) electrons. The van der Waals surface area contributed by atoms with E-state index < -0.39 is 0 Å². The van der Waals surface area contributed by atoms with Gasteiger partial charge in [0.2, 0.25) is 5.91 Å². The summed E-state index contributed by atoms with van der Waals surface area (Å²) in [6.07, 6.45) is 2.01. The standard InChI is InChI=1S/C11H13ClN2O/c1-6(2)10-11-7(4-9(15)14-10)3-8(12)5-13-11/h3,5-6,10H,4H2,1-2H3,(H,14,15). The van der Waals surface area contributed by atoms with Crippen LogP contribution >= 0.6 is 11.6 Å². The van der Waals surface area contributed by atoms with Gasteiger partial charge >= 0.3 is 0 Å². The van der Waals surface area contributed by atoms with Gasteiger partial charge in [0, 0.05) is 6.20 Å². The van der Waals surface area contributed by atoms with E-state index in [1.165, 1.54) is 0 Å². The van der Waals surface area contributed by atoms with E-state index in [0.717, 1.165) is 11.3 Å². The van der Waals surface area contributed by atoms with Crippen LogP contribution in [0, 0.1) is 5.92 Å². The molecule has 4 heteroatoms. The Morgan fingerprint density at radius 2 is 2.33 bits per heavy atom. The Kier molecular flexibility index (Phi) is 2.65. The molecule has 3 nitrogen and oxygen atoms in total. The Bertz CT molecular complexity index is 404. The number of carbonyl (C=O) groups is 1. The fraction of sp³-hybridized carbons (Fsp3) is 0.455. The smallest absolute Gasteiger partial charge is 0.225 e.